The molecule has 0 radical (unpaired) electrons. The molecule has 0 unspecified atom stereocenters. The van der Waals surface area contributed by atoms with E-state index in [9.17, 15) is 14.9 Å². The Morgan fingerprint density at radius 2 is 1.95 bits per heavy atom. The summed E-state index contributed by atoms with van der Waals surface area (Å²) in [5.74, 6) is 0.0860. The number of nitrogens with zero attached hydrogens (tertiary/aromatic N) is 1. The van der Waals surface area contributed by atoms with Gasteiger partial charge < -0.3 is 9.73 Å². The number of rotatable bonds is 4. The van der Waals surface area contributed by atoms with Gasteiger partial charge in [0.2, 0.25) is 0 Å². The molecule has 6 heteroatoms. The van der Waals surface area contributed by atoms with E-state index in [1.54, 1.807) is 24.3 Å². The zero-order valence-electron chi connectivity index (χ0n) is 11.1. The Morgan fingerprint density at radius 3 is 2.60 bits per heavy atom. The van der Waals surface area contributed by atoms with Gasteiger partial charge in [-0.2, -0.15) is 0 Å². The molecule has 0 saturated carbocycles. The first kappa shape index (κ1) is 13.8. The van der Waals surface area contributed by atoms with Crippen LogP contribution in [0.4, 0.5) is 5.69 Å². The van der Waals surface area contributed by atoms with Crippen LogP contribution in [0.3, 0.4) is 0 Å². The molecule has 6 nitrogen and oxygen atoms in total. The second-order valence-electron chi connectivity index (χ2n) is 4.57. The van der Waals surface area contributed by atoms with Crippen LogP contribution in [0.25, 0.3) is 11.3 Å². The van der Waals surface area contributed by atoms with Crippen molar-refractivity contribution in [2.45, 2.75) is 19.9 Å². The number of nitrogens with one attached hydrogen (secondary N) is 1. The molecule has 0 saturated heterocycles. The van der Waals surface area contributed by atoms with E-state index in [-0.39, 0.29) is 23.4 Å². The molecule has 1 aromatic heterocycles. The molecule has 0 fully saturated rings. The molecule has 20 heavy (non-hydrogen) atoms. The molecule has 1 aromatic carbocycles. The standard InChI is InChI=1S/C14H14N2O4/c1-9(2)15-14(17)13-8-7-12(20-13)10-5-3-4-6-11(10)16(18)19/h3-9H,1-2H3,(H,15,17). The first-order valence-electron chi connectivity index (χ1n) is 6.13. The fourth-order valence-electron chi connectivity index (χ4n) is 1.78. The van der Waals surface area contributed by atoms with Gasteiger partial charge in [0.15, 0.2) is 5.76 Å². The van der Waals surface area contributed by atoms with E-state index in [1.165, 1.54) is 12.1 Å². The fraction of sp³-hybridized carbons (Fsp3) is 0.214. The molecule has 0 bridgehead atoms. The van der Waals surface area contributed by atoms with E-state index in [2.05, 4.69) is 5.32 Å². The van der Waals surface area contributed by atoms with Gasteiger partial charge in [-0.05, 0) is 32.0 Å². The number of nitro benzene ring substituents is 1. The number of hydrogen-bond donors (Lipinski definition) is 1. The van der Waals surface area contributed by atoms with Crippen LogP contribution < -0.4 is 5.32 Å². The van der Waals surface area contributed by atoms with Crippen LogP contribution in [-0.2, 0) is 0 Å². The molecule has 0 spiro atoms. The van der Waals surface area contributed by atoms with Gasteiger partial charge in [0, 0.05) is 12.1 Å². The number of carbonyl (C=O) groups excluding carboxylic acids is 1. The third kappa shape index (κ3) is 2.85. The Balaban J connectivity index is 2.34. The fourth-order valence-corrected chi connectivity index (χ4v) is 1.78. The van der Waals surface area contributed by atoms with Crippen molar-refractivity contribution in [3.8, 4) is 11.3 Å². The number of hydrogen-bond acceptors (Lipinski definition) is 4. The maximum absolute atomic E-state index is 11.8. The lowest BCUT2D eigenvalue weighted by molar-refractivity contribution is -0.384. The van der Waals surface area contributed by atoms with E-state index < -0.39 is 4.92 Å². The van der Waals surface area contributed by atoms with Crippen molar-refractivity contribution in [1.29, 1.82) is 0 Å². The topological polar surface area (TPSA) is 85.4 Å². The normalized spacial score (nSPS) is 10.6. The number of benzene rings is 1. The summed E-state index contributed by atoms with van der Waals surface area (Å²) in [5, 5.41) is 13.7. The first-order valence-corrected chi connectivity index (χ1v) is 6.13. The Hall–Kier alpha value is -2.63. The smallest absolute Gasteiger partial charge is 0.287 e. The van der Waals surface area contributed by atoms with Crippen molar-refractivity contribution in [2.24, 2.45) is 0 Å². The van der Waals surface area contributed by atoms with Crippen LogP contribution in [-0.4, -0.2) is 16.9 Å². The predicted octanol–water partition coefficient (Wildman–Crippen LogP) is 2.99. The van der Waals surface area contributed by atoms with Crippen molar-refractivity contribution >= 4 is 11.6 Å². The number of nitro groups is 1. The van der Waals surface area contributed by atoms with E-state index in [0.29, 0.717) is 11.3 Å². The Labute approximate surface area is 115 Å². The zero-order valence-corrected chi connectivity index (χ0v) is 11.1. The molecule has 2 rings (SSSR count). The second-order valence-corrected chi connectivity index (χ2v) is 4.57. The maximum Gasteiger partial charge on any atom is 0.287 e. The second kappa shape index (κ2) is 5.56. The number of para-hydroxylation sites is 1. The minimum absolute atomic E-state index is 0.0119. The van der Waals surface area contributed by atoms with E-state index >= 15 is 0 Å². The van der Waals surface area contributed by atoms with Crippen LogP contribution in [0.2, 0.25) is 0 Å². The van der Waals surface area contributed by atoms with Crippen molar-refractivity contribution in [1.82, 2.24) is 5.32 Å². The summed E-state index contributed by atoms with van der Waals surface area (Å²) in [5.41, 5.74) is 0.291. The lowest BCUT2D eigenvalue weighted by atomic mass is 10.1. The Bertz CT molecular complexity index is 646. The zero-order chi connectivity index (χ0) is 14.7. The predicted molar refractivity (Wildman–Crippen MR) is 73.4 cm³/mol. The van der Waals surface area contributed by atoms with Gasteiger partial charge in [-0.15, -0.1) is 0 Å². The molecule has 0 aliphatic carbocycles. The van der Waals surface area contributed by atoms with Gasteiger partial charge in [-0.3, -0.25) is 14.9 Å². The number of carbonyl (C=O) groups is 1. The highest BCUT2D eigenvalue weighted by molar-refractivity contribution is 5.92. The van der Waals surface area contributed by atoms with Gasteiger partial charge in [0.25, 0.3) is 11.6 Å². The third-order valence-electron chi connectivity index (χ3n) is 2.62. The highest BCUT2D eigenvalue weighted by Crippen LogP contribution is 2.30. The summed E-state index contributed by atoms with van der Waals surface area (Å²) in [7, 11) is 0. The minimum atomic E-state index is -0.480. The summed E-state index contributed by atoms with van der Waals surface area (Å²) >= 11 is 0. The molecule has 1 N–H and O–H groups in total. The quantitative estimate of drug-likeness (QED) is 0.686. The van der Waals surface area contributed by atoms with Crippen LogP contribution >= 0.6 is 0 Å². The van der Waals surface area contributed by atoms with E-state index in [0.717, 1.165) is 0 Å². The SMILES string of the molecule is CC(C)NC(=O)c1ccc(-c2ccccc2[N+](=O)[O-])o1. The van der Waals surface area contributed by atoms with Crippen molar-refractivity contribution in [3.63, 3.8) is 0 Å². The number of amides is 1. The van der Waals surface area contributed by atoms with Crippen molar-refractivity contribution in [2.75, 3.05) is 0 Å². The van der Waals surface area contributed by atoms with Gasteiger partial charge in [0.05, 0.1) is 10.5 Å². The lowest BCUT2D eigenvalue weighted by Crippen LogP contribution is -2.29. The summed E-state index contributed by atoms with van der Waals surface area (Å²) in [4.78, 5) is 22.3. The van der Waals surface area contributed by atoms with Crippen LogP contribution in [0.1, 0.15) is 24.4 Å². The molecule has 104 valence electrons. The summed E-state index contributed by atoms with van der Waals surface area (Å²) in [6.45, 7) is 3.67. The summed E-state index contributed by atoms with van der Waals surface area (Å²) in [6, 6.07) is 9.28. The largest absolute Gasteiger partial charge is 0.451 e. The molecule has 0 atom stereocenters. The lowest BCUT2D eigenvalue weighted by Gasteiger charge is -2.05. The molecule has 1 amide bonds. The van der Waals surface area contributed by atoms with Crippen LogP contribution in [0.15, 0.2) is 40.8 Å². The van der Waals surface area contributed by atoms with Gasteiger partial charge in [-0.25, -0.2) is 0 Å². The first-order chi connectivity index (χ1) is 9.49. The van der Waals surface area contributed by atoms with E-state index in [1.807, 2.05) is 13.8 Å². The molecule has 1 heterocycles. The van der Waals surface area contributed by atoms with Gasteiger partial charge in [0.1, 0.15) is 5.76 Å². The van der Waals surface area contributed by atoms with E-state index in [4.69, 9.17) is 4.42 Å². The Kier molecular flexibility index (Phi) is 3.84. The minimum Gasteiger partial charge on any atom is -0.451 e. The Morgan fingerprint density at radius 1 is 1.25 bits per heavy atom. The molecule has 0 aliphatic rings. The average molecular weight is 274 g/mol. The molecule has 2 aromatic rings. The van der Waals surface area contributed by atoms with Gasteiger partial charge in [-0.1, -0.05) is 12.1 Å². The van der Waals surface area contributed by atoms with Crippen LogP contribution in [0, 0.1) is 10.1 Å². The van der Waals surface area contributed by atoms with Crippen molar-refractivity contribution < 1.29 is 14.1 Å². The average Bonchev–Trinajstić information content (AvgIpc) is 2.87. The van der Waals surface area contributed by atoms with Crippen LogP contribution in [0.5, 0.6) is 0 Å². The summed E-state index contributed by atoms with van der Waals surface area (Å²) < 4.78 is 5.41. The molecular weight excluding hydrogens is 260 g/mol. The summed E-state index contributed by atoms with van der Waals surface area (Å²) in [6.07, 6.45) is 0. The van der Waals surface area contributed by atoms with Gasteiger partial charge >= 0.3 is 0 Å². The monoisotopic (exact) mass is 274 g/mol. The highest BCUT2D eigenvalue weighted by atomic mass is 16.6. The maximum atomic E-state index is 11.8. The highest BCUT2D eigenvalue weighted by Gasteiger charge is 2.19. The van der Waals surface area contributed by atoms with Crippen molar-refractivity contribution in [3.05, 3.63) is 52.3 Å². The molecular formula is C14H14N2O4. The third-order valence-corrected chi connectivity index (χ3v) is 2.62. The number of furan rings is 1. The molecule has 0 aliphatic heterocycles.